The lowest BCUT2D eigenvalue weighted by molar-refractivity contribution is 0.414. The molecule has 0 aliphatic rings. The van der Waals surface area contributed by atoms with Crippen molar-refractivity contribution < 1.29 is 13.5 Å². The molecule has 0 unspecified atom stereocenters. The van der Waals surface area contributed by atoms with Gasteiger partial charge >= 0.3 is 0 Å². The zero-order chi connectivity index (χ0) is 14.5. The SMILES string of the molecule is CCNCc1ccc(Oc2cccc(Cl)c2F)c(F)c1. The summed E-state index contributed by atoms with van der Waals surface area (Å²) in [7, 11) is 0. The van der Waals surface area contributed by atoms with Gasteiger partial charge < -0.3 is 10.1 Å². The summed E-state index contributed by atoms with van der Waals surface area (Å²) in [5.74, 6) is -1.38. The Morgan fingerprint density at radius 1 is 1.15 bits per heavy atom. The molecule has 0 saturated heterocycles. The van der Waals surface area contributed by atoms with E-state index < -0.39 is 11.6 Å². The van der Waals surface area contributed by atoms with Crippen molar-refractivity contribution in [3.8, 4) is 11.5 Å². The van der Waals surface area contributed by atoms with E-state index in [1.54, 1.807) is 6.07 Å². The van der Waals surface area contributed by atoms with Crippen LogP contribution in [0.1, 0.15) is 12.5 Å². The maximum Gasteiger partial charge on any atom is 0.184 e. The van der Waals surface area contributed by atoms with Crippen molar-refractivity contribution in [2.45, 2.75) is 13.5 Å². The first-order chi connectivity index (χ1) is 9.61. The number of halogens is 3. The van der Waals surface area contributed by atoms with E-state index in [0.717, 1.165) is 12.1 Å². The molecule has 2 aromatic rings. The third-order valence-corrected chi connectivity index (χ3v) is 3.00. The maximum atomic E-state index is 13.9. The van der Waals surface area contributed by atoms with Gasteiger partial charge in [0.15, 0.2) is 23.1 Å². The Morgan fingerprint density at radius 2 is 1.95 bits per heavy atom. The summed E-state index contributed by atoms with van der Waals surface area (Å²) in [4.78, 5) is 0. The zero-order valence-corrected chi connectivity index (χ0v) is 11.7. The van der Waals surface area contributed by atoms with Gasteiger partial charge in [0.2, 0.25) is 0 Å². The van der Waals surface area contributed by atoms with Gasteiger partial charge in [-0.3, -0.25) is 0 Å². The summed E-state index contributed by atoms with van der Waals surface area (Å²) in [5.41, 5.74) is 0.795. The van der Waals surface area contributed by atoms with Crippen LogP contribution in [0, 0.1) is 11.6 Å². The Bertz CT molecular complexity index is 604. The van der Waals surface area contributed by atoms with Crippen LogP contribution in [0.3, 0.4) is 0 Å². The lowest BCUT2D eigenvalue weighted by atomic mass is 10.2. The van der Waals surface area contributed by atoms with Crippen LogP contribution in [0.4, 0.5) is 8.78 Å². The highest BCUT2D eigenvalue weighted by Gasteiger charge is 2.11. The minimum absolute atomic E-state index is 0.0357. The van der Waals surface area contributed by atoms with Crippen LogP contribution >= 0.6 is 11.6 Å². The fraction of sp³-hybridized carbons (Fsp3) is 0.200. The van der Waals surface area contributed by atoms with Gasteiger partial charge in [-0.05, 0) is 36.4 Å². The Hall–Kier alpha value is -1.65. The van der Waals surface area contributed by atoms with E-state index in [2.05, 4.69) is 5.32 Å². The number of ether oxygens (including phenoxy) is 1. The molecule has 0 aromatic heterocycles. The molecular weight excluding hydrogens is 284 g/mol. The van der Waals surface area contributed by atoms with Crippen molar-refractivity contribution in [1.29, 1.82) is 0 Å². The first-order valence-corrected chi connectivity index (χ1v) is 6.60. The highest BCUT2D eigenvalue weighted by molar-refractivity contribution is 6.30. The molecule has 2 nitrogen and oxygen atoms in total. The summed E-state index contributed by atoms with van der Waals surface area (Å²) >= 11 is 5.65. The molecule has 0 aliphatic heterocycles. The zero-order valence-electron chi connectivity index (χ0n) is 10.9. The van der Waals surface area contributed by atoms with E-state index in [1.165, 1.54) is 30.3 Å². The summed E-state index contributed by atoms with van der Waals surface area (Å²) in [6.45, 7) is 3.34. The molecule has 1 N–H and O–H groups in total. The van der Waals surface area contributed by atoms with Gasteiger partial charge in [-0.25, -0.2) is 8.78 Å². The van der Waals surface area contributed by atoms with Gasteiger partial charge in [0.1, 0.15) is 0 Å². The van der Waals surface area contributed by atoms with Crippen LogP contribution in [0.5, 0.6) is 11.5 Å². The van der Waals surface area contributed by atoms with Crippen LogP contribution in [0.25, 0.3) is 0 Å². The Morgan fingerprint density at radius 3 is 2.65 bits per heavy atom. The van der Waals surface area contributed by atoms with E-state index in [-0.39, 0.29) is 16.5 Å². The van der Waals surface area contributed by atoms with Gasteiger partial charge in [-0.1, -0.05) is 30.7 Å². The second kappa shape index (κ2) is 6.68. The minimum Gasteiger partial charge on any atom is -0.451 e. The summed E-state index contributed by atoms with van der Waals surface area (Å²) in [6.07, 6.45) is 0. The highest BCUT2D eigenvalue weighted by Crippen LogP contribution is 2.30. The molecule has 0 atom stereocenters. The standard InChI is InChI=1S/C15H14ClF2NO/c1-2-19-9-10-6-7-13(12(17)8-10)20-14-5-3-4-11(16)15(14)18/h3-8,19H,2,9H2,1H3. The molecule has 106 valence electrons. The third-order valence-electron chi connectivity index (χ3n) is 2.71. The van der Waals surface area contributed by atoms with Crippen LogP contribution < -0.4 is 10.1 Å². The smallest absolute Gasteiger partial charge is 0.184 e. The lowest BCUT2D eigenvalue weighted by Crippen LogP contribution is -2.11. The van der Waals surface area contributed by atoms with Crippen molar-refractivity contribution in [3.05, 3.63) is 58.6 Å². The molecule has 0 saturated carbocycles. The molecule has 0 fully saturated rings. The molecule has 5 heteroatoms. The number of hydrogen-bond donors (Lipinski definition) is 1. The van der Waals surface area contributed by atoms with Crippen LogP contribution in [-0.2, 0) is 6.54 Å². The van der Waals surface area contributed by atoms with Gasteiger partial charge in [-0.15, -0.1) is 0 Å². The average Bonchev–Trinajstić information content (AvgIpc) is 2.44. The number of benzene rings is 2. The number of rotatable bonds is 5. The quantitative estimate of drug-likeness (QED) is 0.876. The van der Waals surface area contributed by atoms with Crippen molar-refractivity contribution in [2.75, 3.05) is 6.54 Å². The molecule has 0 aliphatic carbocycles. The van der Waals surface area contributed by atoms with Crippen molar-refractivity contribution in [2.24, 2.45) is 0 Å². The Balaban J connectivity index is 2.19. The second-order valence-electron chi connectivity index (χ2n) is 4.20. The molecule has 20 heavy (non-hydrogen) atoms. The molecule has 0 amide bonds. The van der Waals surface area contributed by atoms with Crippen molar-refractivity contribution in [3.63, 3.8) is 0 Å². The molecule has 0 spiro atoms. The Labute approximate surface area is 121 Å². The summed E-state index contributed by atoms with van der Waals surface area (Å²) < 4.78 is 32.8. The summed E-state index contributed by atoms with van der Waals surface area (Å²) in [5, 5.41) is 3.03. The normalized spacial score (nSPS) is 10.6. The van der Waals surface area contributed by atoms with E-state index in [0.29, 0.717) is 6.54 Å². The van der Waals surface area contributed by atoms with Gasteiger partial charge in [0.05, 0.1) is 5.02 Å². The number of nitrogens with one attached hydrogen (secondary N) is 1. The highest BCUT2D eigenvalue weighted by atomic mass is 35.5. The average molecular weight is 298 g/mol. The fourth-order valence-corrected chi connectivity index (χ4v) is 1.85. The molecular formula is C15H14ClF2NO. The topological polar surface area (TPSA) is 21.3 Å². The van der Waals surface area contributed by atoms with Gasteiger partial charge in [0.25, 0.3) is 0 Å². The van der Waals surface area contributed by atoms with E-state index in [1.807, 2.05) is 6.92 Å². The molecule has 0 heterocycles. The van der Waals surface area contributed by atoms with Crippen molar-refractivity contribution >= 4 is 11.6 Å². The third kappa shape index (κ3) is 3.46. The van der Waals surface area contributed by atoms with Gasteiger partial charge in [-0.2, -0.15) is 0 Å². The fourth-order valence-electron chi connectivity index (χ4n) is 1.69. The number of hydrogen-bond acceptors (Lipinski definition) is 2. The minimum atomic E-state index is -0.703. The first kappa shape index (κ1) is 14.8. The van der Waals surface area contributed by atoms with Crippen molar-refractivity contribution in [1.82, 2.24) is 5.32 Å². The van der Waals surface area contributed by atoms with E-state index in [9.17, 15) is 8.78 Å². The second-order valence-corrected chi connectivity index (χ2v) is 4.61. The van der Waals surface area contributed by atoms with E-state index >= 15 is 0 Å². The molecule has 0 radical (unpaired) electrons. The Kier molecular flexibility index (Phi) is 4.93. The first-order valence-electron chi connectivity index (χ1n) is 6.23. The molecule has 2 aromatic carbocycles. The predicted molar refractivity (Wildman–Crippen MR) is 75.3 cm³/mol. The predicted octanol–water partition coefficient (Wildman–Crippen LogP) is 4.52. The maximum absolute atomic E-state index is 13.9. The summed E-state index contributed by atoms with van der Waals surface area (Å²) in [6, 6.07) is 8.90. The van der Waals surface area contributed by atoms with Crippen LogP contribution in [0.2, 0.25) is 5.02 Å². The monoisotopic (exact) mass is 297 g/mol. The van der Waals surface area contributed by atoms with Crippen LogP contribution in [-0.4, -0.2) is 6.54 Å². The lowest BCUT2D eigenvalue weighted by Gasteiger charge is -2.10. The van der Waals surface area contributed by atoms with Gasteiger partial charge in [0, 0.05) is 6.54 Å². The van der Waals surface area contributed by atoms with E-state index in [4.69, 9.17) is 16.3 Å². The van der Waals surface area contributed by atoms with Crippen LogP contribution in [0.15, 0.2) is 36.4 Å². The molecule has 0 bridgehead atoms. The molecule has 2 rings (SSSR count). The largest absolute Gasteiger partial charge is 0.451 e.